The van der Waals surface area contributed by atoms with E-state index in [0.29, 0.717) is 36.7 Å². The summed E-state index contributed by atoms with van der Waals surface area (Å²) in [5.74, 6) is 2.26. The zero-order valence-electron chi connectivity index (χ0n) is 22.0. The molecule has 1 heterocycles. The normalized spacial score (nSPS) is 15.1. The predicted molar refractivity (Wildman–Crippen MR) is 140 cm³/mol. The Morgan fingerprint density at radius 1 is 1.14 bits per heavy atom. The first kappa shape index (κ1) is 28.3. The highest BCUT2D eigenvalue weighted by Gasteiger charge is 2.31. The lowest BCUT2D eigenvalue weighted by Crippen LogP contribution is -2.37. The number of aliphatic hydroxyl groups excluding tert-OH is 1. The van der Waals surface area contributed by atoms with Gasteiger partial charge in [-0.1, -0.05) is 25.5 Å². The van der Waals surface area contributed by atoms with Gasteiger partial charge in [0, 0.05) is 18.2 Å². The zero-order chi connectivity index (χ0) is 26.6. The fourth-order valence-corrected chi connectivity index (χ4v) is 4.13. The number of ether oxygens (including phenoxy) is 6. The van der Waals surface area contributed by atoms with E-state index in [0.717, 1.165) is 54.7 Å². The molecule has 2 unspecified atom stereocenters. The number of carbonyl (C=O) groups excluding carboxylic acids is 1. The molecule has 202 valence electrons. The molecule has 0 amide bonds. The highest BCUT2D eigenvalue weighted by atomic mass is 16.6. The predicted octanol–water partition coefficient (Wildman–Crippen LogP) is 4.95. The molecule has 0 aromatic heterocycles. The molecule has 1 aliphatic heterocycles. The third-order valence-electron chi connectivity index (χ3n) is 6.06. The quantitative estimate of drug-likeness (QED) is 0.155. The second-order valence-electron chi connectivity index (χ2n) is 8.77. The number of aliphatic hydroxyl groups is 1. The molecule has 0 radical (unpaired) electrons. The standard InChI is InChI=1S/C29H38O8/c1-5-10-20-18-21(28(30)32-3)12-13-23(20)34-16-8-7-9-17-35-24-14-15-25-27(22(24)11-6-2)37-26(19-36-25)29(31)33-4/h5,12-15,18,26,28,30H,1,6-11,16-17,19H2,2-4H3. The summed E-state index contributed by atoms with van der Waals surface area (Å²) in [7, 11) is 2.80. The van der Waals surface area contributed by atoms with Crippen molar-refractivity contribution < 1.29 is 38.3 Å². The number of methoxy groups -OCH3 is 2. The number of unbranched alkanes of at least 4 members (excludes halogenated alkanes) is 2. The Morgan fingerprint density at radius 3 is 2.54 bits per heavy atom. The fourth-order valence-electron chi connectivity index (χ4n) is 4.13. The van der Waals surface area contributed by atoms with Crippen LogP contribution in [0.15, 0.2) is 43.0 Å². The lowest BCUT2D eigenvalue weighted by molar-refractivity contribution is -0.151. The van der Waals surface area contributed by atoms with E-state index in [1.165, 1.54) is 14.2 Å². The van der Waals surface area contributed by atoms with Gasteiger partial charge in [0.1, 0.15) is 18.1 Å². The molecular weight excluding hydrogens is 476 g/mol. The Labute approximate surface area is 219 Å². The van der Waals surface area contributed by atoms with Crippen molar-refractivity contribution in [2.24, 2.45) is 0 Å². The number of carbonyl (C=O) groups is 1. The molecule has 2 aromatic rings. The molecule has 37 heavy (non-hydrogen) atoms. The van der Waals surface area contributed by atoms with Crippen molar-refractivity contribution in [1.29, 1.82) is 0 Å². The van der Waals surface area contributed by atoms with Gasteiger partial charge in [-0.15, -0.1) is 6.58 Å². The van der Waals surface area contributed by atoms with Crippen LogP contribution in [0.4, 0.5) is 0 Å². The van der Waals surface area contributed by atoms with Gasteiger partial charge in [-0.2, -0.15) is 0 Å². The van der Waals surface area contributed by atoms with E-state index in [4.69, 9.17) is 28.4 Å². The van der Waals surface area contributed by atoms with Crippen molar-refractivity contribution >= 4 is 5.97 Å². The van der Waals surface area contributed by atoms with Gasteiger partial charge in [0.25, 0.3) is 0 Å². The van der Waals surface area contributed by atoms with Crippen LogP contribution in [0.2, 0.25) is 0 Å². The molecule has 8 nitrogen and oxygen atoms in total. The second kappa shape index (κ2) is 14.5. The zero-order valence-corrected chi connectivity index (χ0v) is 22.0. The fraction of sp³-hybridized carbons (Fsp3) is 0.483. The van der Waals surface area contributed by atoms with Crippen molar-refractivity contribution in [2.45, 2.75) is 57.8 Å². The molecule has 0 saturated carbocycles. The Balaban J connectivity index is 1.49. The molecule has 0 bridgehead atoms. The molecule has 1 aliphatic rings. The number of hydrogen-bond acceptors (Lipinski definition) is 8. The van der Waals surface area contributed by atoms with Gasteiger partial charge >= 0.3 is 5.97 Å². The van der Waals surface area contributed by atoms with Gasteiger partial charge in [-0.25, -0.2) is 4.79 Å². The summed E-state index contributed by atoms with van der Waals surface area (Å²) in [5.41, 5.74) is 2.56. The van der Waals surface area contributed by atoms with Crippen molar-refractivity contribution in [3.05, 3.63) is 59.7 Å². The van der Waals surface area contributed by atoms with Crippen molar-refractivity contribution in [3.63, 3.8) is 0 Å². The third kappa shape index (κ3) is 7.63. The van der Waals surface area contributed by atoms with Crippen LogP contribution in [0.5, 0.6) is 23.0 Å². The van der Waals surface area contributed by atoms with Gasteiger partial charge in [0.05, 0.1) is 20.3 Å². The topological polar surface area (TPSA) is 92.7 Å². The van der Waals surface area contributed by atoms with Gasteiger partial charge in [0.15, 0.2) is 17.8 Å². The Hall–Kier alpha value is -3.23. The number of benzene rings is 2. The maximum Gasteiger partial charge on any atom is 0.350 e. The Morgan fingerprint density at radius 2 is 1.86 bits per heavy atom. The highest BCUT2D eigenvalue weighted by molar-refractivity contribution is 5.76. The number of rotatable bonds is 15. The summed E-state index contributed by atoms with van der Waals surface area (Å²) in [6.45, 7) is 7.15. The summed E-state index contributed by atoms with van der Waals surface area (Å²) in [5, 5.41) is 9.91. The lowest BCUT2D eigenvalue weighted by atomic mass is 10.1. The van der Waals surface area contributed by atoms with E-state index in [1.54, 1.807) is 6.07 Å². The van der Waals surface area contributed by atoms with Gasteiger partial charge < -0.3 is 33.5 Å². The monoisotopic (exact) mass is 514 g/mol. The van der Waals surface area contributed by atoms with Crippen LogP contribution in [-0.2, 0) is 27.1 Å². The first-order chi connectivity index (χ1) is 18.0. The molecule has 8 heteroatoms. The maximum absolute atomic E-state index is 11.9. The average Bonchev–Trinajstić information content (AvgIpc) is 2.93. The highest BCUT2D eigenvalue weighted by Crippen LogP contribution is 2.41. The number of fused-ring (bicyclic) bond motifs is 1. The van der Waals surface area contributed by atoms with Crippen LogP contribution in [0.25, 0.3) is 0 Å². The molecule has 0 spiro atoms. The Bertz CT molecular complexity index is 1030. The summed E-state index contributed by atoms with van der Waals surface area (Å²) in [6, 6.07) is 9.27. The van der Waals surface area contributed by atoms with E-state index in [2.05, 4.69) is 13.5 Å². The number of allylic oxidation sites excluding steroid dienone is 1. The molecule has 0 saturated heterocycles. The van der Waals surface area contributed by atoms with E-state index < -0.39 is 18.4 Å². The van der Waals surface area contributed by atoms with Crippen LogP contribution in [0, 0.1) is 0 Å². The lowest BCUT2D eigenvalue weighted by Gasteiger charge is -2.27. The van der Waals surface area contributed by atoms with Crippen LogP contribution in [-0.4, -0.2) is 51.2 Å². The van der Waals surface area contributed by atoms with E-state index in [9.17, 15) is 9.90 Å². The average molecular weight is 515 g/mol. The molecule has 2 aromatic carbocycles. The molecular formula is C29H38O8. The van der Waals surface area contributed by atoms with Crippen molar-refractivity contribution in [1.82, 2.24) is 0 Å². The van der Waals surface area contributed by atoms with Crippen LogP contribution in [0.1, 0.15) is 55.6 Å². The summed E-state index contributed by atoms with van der Waals surface area (Å²) < 4.78 is 33.6. The number of hydrogen-bond donors (Lipinski definition) is 1. The Kier molecular flexibility index (Phi) is 11.1. The van der Waals surface area contributed by atoms with Crippen LogP contribution >= 0.6 is 0 Å². The second-order valence-corrected chi connectivity index (χ2v) is 8.77. The van der Waals surface area contributed by atoms with Gasteiger partial charge in [-0.3, -0.25) is 0 Å². The van der Waals surface area contributed by atoms with Crippen molar-refractivity contribution in [3.8, 4) is 23.0 Å². The van der Waals surface area contributed by atoms with Crippen molar-refractivity contribution in [2.75, 3.05) is 34.0 Å². The van der Waals surface area contributed by atoms with Gasteiger partial charge in [-0.05, 0) is 61.9 Å². The largest absolute Gasteiger partial charge is 0.493 e. The minimum atomic E-state index is -0.959. The third-order valence-corrected chi connectivity index (χ3v) is 6.06. The maximum atomic E-state index is 11.9. The van der Waals surface area contributed by atoms with Gasteiger partial charge in [0.2, 0.25) is 6.10 Å². The van der Waals surface area contributed by atoms with E-state index in [-0.39, 0.29) is 6.61 Å². The molecule has 3 rings (SSSR count). The molecule has 0 fully saturated rings. The van der Waals surface area contributed by atoms with Crippen LogP contribution in [0.3, 0.4) is 0 Å². The summed E-state index contributed by atoms with van der Waals surface area (Å²) in [4.78, 5) is 11.9. The number of esters is 1. The van der Waals surface area contributed by atoms with E-state index in [1.807, 2.05) is 30.3 Å². The first-order valence-corrected chi connectivity index (χ1v) is 12.8. The first-order valence-electron chi connectivity index (χ1n) is 12.8. The van der Waals surface area contributed by atoms with E-state index >= 15 is 0 Å². The van der Waals surface area contributed by atoms with Crippen LogP contribution < -0.4 is 18.9 Å². The summed E-state index contributed by atoms with van der Waals surface area (Å²) >= 11 is 0. The summed E-state index contributed by atoms with van der Waals surface area (Å²) in [6.07, 6.45) is 5.04. The molecule has 2 atom stereocenters. The smallest absolute Gasteiger partial charge is 0.350 e. The molecule has 1 N–H and O–H groups in total. The minimum Gasteiger partial charge on any atom is -0.493 e. The SMILES string of the molecule is C=CCc1cc(C(O)OC)ccc1OCCCCCOc1ccc2c(c1CCC)OC(C(=O)OC)CO2. The minimum absolute atomic E-state index is 0.127. The molecule has 0 aliphatic carbocycles.